The third-order valence-electron chi connectivity index (χ3n) is 3.71. The van der Waals surface area contributed by atoms with Crippen LogP contribution in [0.25, 0.3) is 0 Å². The molecule has 4 heteroatoms. The molecule has 4 nitrogen and oxygen atoms in total. The zero-order valence-corrected chi connectivity index (χ0v) is 11.8. The molecule has 0 saturated heterocycles. The quantitative estimate of drug-likeness (QED) is 0.716. The third kappa shape index (κ3) is 4.94. The molecular formula is C16H23NO3. The number of ether oxygens (including phenoxy) is 1. The zero-order valence-electron chi connectivity index (χ0n) is 11.8. The maximum atomic E-state index is 10.8. The molecule has 1 aromatic rings. The van der Waals surface area contributed by atoms with Crippen LogP contribution in [0.2, 0.25) is 0 Å². The van der Waals surface area contributed by atoms with Crippen LogP contribution in [-0.2, 0) is 22.5 Å². The van der Waals surface area contributed by atoms with Crippen LogP contribution in [0.3, 0.4) is 0 Å². The first-order valence-corrected chi connectivity index (χ1v) is 7.36. The molecule has 2 N–H and O–H groups in total. The number of benzene rings is 1. The smallest absolute Gasteiger partial charge is 0.307 e. The van der Waals surface area contributed by atoms with Gasteiger partial charge in [-0.3, -0.25) is 4.79 Å². The number of hydrogen-bond donors (Lipinski definition) is 2. The molecule has 0 amide bonds. The van der Waals surface area contributed by atoms with Gasteiger partial charge in [-0.05, 0) is 24.0 Å². The SMILES string of the molecule is O=C(O)Cc1ccccc1CNCCOC1CCCC1. The number of carboxylic acids is 1. The molecule has 1 saturated carbocycles. The van der Waals surface area contributed by atoms with Crippen LogP contribution < -0.4 is 5.32 Å². The molecule has 2 rings (SSSR count). The number of aliphatic carboxylic acids is 1. The fourth-order valence-corrected chi connectivity index (χ4v) is 2.64. The largest absolute Gasteiger partial charge is 0.481 e. The van der Waals surface area contributed by atoms with Gasteiger partial charge in [0.05, 0.1) is 19.1 Å². The Bertz CT molecular complexity index is 427. The Labute approximate surface area is 120 Å². The fraction of sp³-hybridized carbons (Fsp3) is 0.562. The minimum absolute atomic E-state index is 0.0798. The summed E-state index contributed by atoms with van der Waals surface area (Å²) in [5, 5.41) is 12.2. The Balaban J connectivity index is 1.69. The highest BCUT2D eigenvalue weighted by molar-refractivity contribution is 5.70. The van der Waals surface area contributed by atoms with E-state index in [1.165, 1.54) is 25.7 Å². The average Bonchev–Trinajstić information content (AvgIpc) is 2.93. The van der Waals surface area contributed by atoms with Gasteiger partial charge in [0.25, 0.3) is 0 Å². The second-order valence-electron chi connectivity index (χ2n) is 5.29. The summed E-state index contributed by atoms with van der Waals surface area (Å²) >= 11 is 0. The van der Waals surface area contributed by atoms with E-state index < -0.39 is 5.97 Å². The summed E-state index contributed by atoms with van der Waals surface area (Å²) in [4.78, 5) is 10.8. The summed E-state index contributed by atoms with van der Waals surface area (Å²) < 4.78 is 5.78. The first-order valence-electron chi connectivity index (χ1n) is 7.36. The maximum absolute atomic E-state index is 10.8. The van der Waals surface area contributed by atoms with Crippen molar-refractivity contribution in [3.8, 4) is 0 Å². The van der Waals surface area contributed by atoms with E-state index in [9.17, 15) is 4.79 Å². The van der Waals surface area contributed by atoms with E-state index >= 15 is 0 Å². The monoisotopic (exact) mass is 277 g/mol. The summed E-state index contributed by atoms with van der Waals surface area (Å²) in [6.45, 7) is 2.22. The molecule has 20 heavy (non-hydrogen) atoms. The van der Waals surface area contributed by atoms with Crippen molar-refractivity contribution in [2.24, 2.45) is 0 Å². The first kappa shape index (κ1) is 15.0. The lowest BCUT2D eigenvalue weighted by Crippen LogP contribution is -2.22. The van der Waals surface area contributed by atoms with E-state index in [0.29, 0.717) is 12.6 Å². The molecule has 0 radical (unpaired) electrons. The van der Waals surface area contributed by atoms with Gasteiger partial charge in [0.15, 0.2) is 0 Å². The molecule has 0 unspecified atom stereocenters. The van der Waals surface area contributed by atoms with Crippen LogP contribution in [0, 0.1) is 0 Å². The Morgan fingerprint density at radius 3 is 2.65 bits per heavy atom. The van der Waals surface area contributed by atoms with Gasteiger partial charge >= 0.3 is 5.97 Å². The lowest BCUT2D eigenvalue weighted by Gasteiger charge is -2.12. The van der Waals surface area contributed by atoms with Gasteiger partial charge in [-0.2, -0.15) is 0 Å². The second kappa shape index (κ2) is 8.02. The number of nitrogens with one attached hydrogen (secondary N) is 1. The Morgan fingerprint density at radius 1 is 1.25 bits per heavy atom. The molecular weight excluding hydrogens is 254 g/mol. The van der Waals surface area contributed by atoms with E-state index in [4.69, 9.17) is 9.84 Å². The van der Waals surface area contributed by atoms with Gasteiger partial charge in [0.2, 0.25) is 0 Å². The zero-order chi connectivity index (χ0) is 14.2. The predicted molar refractivity (Wildman–Crippen MR) is 77.7 cm³/mol. The van der Waals surface area contributed by atoms with Crippen LogP contribution in [0.4, 0.5) is 0 Å². The fourth-order valence-electron chi connectivity index (χ4n) is 2.64. The van der Waals surface area contributed by atoms with Crippen molar-refractivity contribution < 1.29 is 14.6 Å². The van der Waals surface area contributed by atoms with Crippen molar-refractivity contribution in [1.29, 1.82) is 0 Å². The summed E-state index contributed by atoms with van der Waals surface area (Å²) in [5.41, 5.74) is 1.93. The highest BCUT2D eigenvalue weighted by atomic mass is 16.5. The Hall–Kier alpha value is -1.39. The number of carboxylic acid groups (broad SMARTS) is 1. The van der Waals surface area contributed by atoms with E-state index in [2.05, 4.69) is 5.32 Å². The van der Waals surface area contributed by atoms with Gasteiger partial charge in [-0.25, -0.2) is 0 Å². The van der Waals surface area contributed by atoms with Crippen LogP contribution >= 0.6 is 0 Å². The van der Waals surface area contributed by atoms with E-state index in [1.54, 1.807) is 0 Å². The van der Waals surface area contributed by atoms with Gasteiger partial charge in [-0.1, -0.05) is 37.1 Å². The van der Waals surface area contributed by atoms with Crippen molar-refractivity contribution in [1.82, 2.24) is 5.32 Å². The topological polar surface area (TPSA) is 58.6 Å². The summed E-state index contributed by atoms with van der Waals surface area (Å²) in [7, 11) is 0. The molecule has 0 aliphatic heterocycles. The van der Waals surface area contributed by atoms with E-state index in [1.807, 2.05) is 24.3 Å². The van der Waals surface area contributed by atoms with Crippen molar-refractivity contribution in [2.75, 3.05) is 13.2 Å². The minimum atomic E-state index is -0.790. The van der Waals surface area contributed by atoms with Crippen molar-refractivity contribution >= 4 is 5.97 Å². The number of carbonyl (C=O) groups is 1. The van der Waals surface area contributed by atoms with E-state index in [0.717, 1.165) is 24.3 Å². The summed E-state index contributed by atoms with van der Waals surface area (Å²) in [6.07, 6.45) is 5.51. The lowest BCUT2D eigenvalue weighted by atomic mass is 10.0. The van der Waals surface area contributed by atoms with Crippen molar-refractivity contribution in [3.05, 3.63) is 35.4 Å². The molecule has 1 fully saturated rings. The highest BCUT2D eigenvalue weighted by Gasteiger charge is 2.14. The Morgan fingerprint density at radius 2 is 1.95 bits per heavy atom. The standard InChI is InChI=1S/C16H23NO3/c18-16(19)11-13-5-1-2-6-14(13)12-17-9-10-20-15-7-3-4-8-15/h1-2,5-6,15,17H,3-4,7-12H2,(H,18,19). The molecule has 0 atom stereocenters. The van der Waals surface area contributed by atoms with E-state index in [-0.39, 0.29) is 6.42 Å². The van der Waals surface area contributed by atoms with Gasteiger partial charge in [0.1, 0.15) is 0 Å². The van der Waals surface area contributed by atoms with Gasteiger partial charge < -0.3 is 15.2 Å². The third-order valence-corrected chi connectivity index (χ3v) is 3.71. The number of hydrogen-bond acceptors (Lipinski definition) is 3. The Kier molecular flexibility index (Phi) is 6.02. The minimum Gasteiger partial charge on any atom is -0.481 e. The highest BCUT2D eigenvalue weighted by Crippen LogP contribution is 2.20. The molecule has 0 aromatic heterocycles. The molecule has 1 aliphatic carbocycles. The van der Waals surface area contributed by atoms with Crippen LogP contribution in [0.1, 0.15) is 36.8 Å². The molecule has 1 aromatic carbocycles. The molecule has 0 heterocycles. The molecule has 0 spiro atoms. The normalized spacial score (nSPS) is 15.6. The van der Waals surface area contributed by atoms with Crippen molar-refractivity contribution in [3.63, 3.8) is 0 Å². The van der Waals surface area contributed by atoms with Gasteiger partial charge in [0, 0.05) is 13.1 Å². The average molecular weight is 277 g/mol. The van der Waals surface area contributed by atoms with Crippen molar-refractivity contribution in [2.45, 2.75) is 44.8 Å². The maximum Gasteiger partial charge on any atom is 0.307 e. The summed E-state index contributed by atoms with van der Waals surface area (Å²) in [5.74, 6) is -0.790. The lowest BCUT2D eigenvalue weighted by molar-refractivity contribution is -0.136. The van der Waals surface area contributed by atoms with Crippen LogP contribution in [0.5, 0.6) is 0 Å². The second-order valence-corrected chi connectivity index (χ2v) is 5.29. The molecule has 1 aliphatic rings. The van der Waals surface area contributed by atoms with Crippen LogP contribution in [0.15, 0.2) is 24.3 Å². The first-order chi connectivity index (χ1) is 9.75. The molecule has 0 bridgehead atoms. The number of rotatable bonds is 8. The molecule has 110 valence electrons. The van der Waals surface area contributed by atoms with Gasteiger partial charge in [-0.15, -0.1) is 0 Å². The van der Waals surface area contributed by atoms with Crippen LogP contribution in [-0.4, -0.2) is 30.3 Å². The predicted octanol–water partition coefficient (Wildman–Crippen LogP) is 2.36. The summed E-state index contributed by atoms with van der Waals surface area (Å²) in [6, 6.07) is 7.67.